The van der Waals surface area contributed by atoms with Gasteiger partial charge in [-0.3, -0.25) is 0 Å². The van der Waals surface area contributed by atoms with E-state index in [0.717, 1.165) is 39.6 Å². The minimum Gasteiger partial charge on any atom is -0.416 e. The molecule has 0 radical (unpaired) electrons. The molecular formula is C82H107Br2Cl2N3O. The number of aryl methyl sites for hydroxylation is 1. The number of benzene rings is 6. The molecule has 0 saturated heterocycles. The highest BCUT2D eigenvalue weighted by atomic mass is 79.9. The molecule has 8 heteroatoms. The molecule has 0 amide bonds. The van der Waals surface area contributed by atoms with Crippen molar-refractivity contribution in [2.24, 2.45) is 35.5 Å². The first kappa shape index (κ1) is 70.1. The molecule has 0 spiro atoms. The van der Waals surface area contributed by atoms with E-state index in [1.165, 1.54) is 229 Å². The lowest BCUT2D eigenvalue weighted by molar-refractivity contribution is 0.266. The van der Waals surface area contributed by atoms with Gasteiger partial charge in [-0.25, -0.2) is 0 Å². The van der Waals surface area contributed by atoms with Gasteiger partial charge in [0.15, 0.2) is 0 Å². The Hall–Kier alpha value is -4.20. The Morgan fingerprint density at radius 3 is 1.14 bits per heavy atom. The zero-order chi connectivity index (χ0) is 64.1. The van der Waals surface area contributed by atoms with E-state index >= 15 is 0 Å². The second kappa shape index (κ2) is 32.8. The normalized spacial score (nSPS) is 17.5. The van der Waals surface area contributed by atoms with E-state index in [1.807, 2.05) is 12.1 Å². The molecule has 6 aromatic carbocycles. The van der Waals surface area contributed by atoms with Crippen LogP contribution in [0.25, 0.3) is 67.0 Å². The van der Waals surface area contributed by atoms with Crippen molar-refractivity contribution in [1.29, 1.82) is 0 Å². The number of fused-ring (bicyclic) bond motifs is 9. The molecule has 10 rings (SSSR count). The van der Waals surface area contributed by atoms with Crippen LogP contribution < -0.4 is 0 Å². The fraction of sp³-hybridized carbons (Fsp3) is 0.537. The molecule has 2 aliphatic carbocycles. The smallest absolute Gasteiger partial charge is 0.248 e. The van der Waals surface area contributed by atoms with Gasteiger partial charge in [-0.05, 0) is 185 Å². The van der Waals surface area contributed by atoms with Crippen LogP contribution in [0.5, 0.6) is 0 Å². The number of nitrogens with zero attached hydrogens (tertiary/aromatic N) is 3. The van der Waals surface area contributed by atoms with Crippen molar-refractivity contribution in [3.8, 4) is 45.2 Å². The topological polar surface area (TPSA) is 43.9 Å². The van der Waals surface area contributed by atoms with Crippen molar-refractivity contribution < 1.29 is 4.42 Å². The van der Waals surface area contributed by atoms with Crippen LogP contribution in [-0.2, 0) is 17.4 Å². The number of hydrogen-bond donors (Lipinski definition) is 0. The molecule has 4 nitrogen and oxygen atoms in total. The third kappa shape index (κ3) is 15.9. The van der Waals surface area contributed by atoms with E-state index in [4.69, 9.17) is 37.8 Å². The van der Waals surface area contributed by atoms with E-state index in [-0.39, 0.29) is 10.8 Å². The number of aromatic nitrogens is 3. The van der Waals surface area contributed by atoms with E-state index in [9.17, 15) is 0 Å². The number of halogens is 4. The Morgan fingerprint density at radius 2 is 0.789 bits per heavy atom. The summed E-state index contributed by atoms with van der Waals surface area (Å²) in [7, 11) is 0. The van der Waals surface area contributed by atoms with Gasteiger partial charge in [0.2, 0.25) is 11.8 Å². The maximum Gasteiger partial charge on any atom is 0.248 e. The van der Waals surface area contributed by atoms with Crippen LogP contribution in [0.2, 0.25) is 10.0 Å². The van der Waals surface area contributed by atoms with Crippen molar-refractivity contribution in [3.63, 3.8) is 0 Å². The summed E-state index contributed by atoms with van der Waals surface area (Å²) in [6, 6.07) is 40.6. The van der Waals surface area contributed by atoms with Gasteiger partial charge in [0.25, 0.3) is 0 Å². The molecule has 0 bridgehead atoms. The first-order valence-electron chi connectivity index (χ1n) is 35.7. The van der Waals surface area contributed by atoms with E-state index in [2.05, 4.69) is 210 Å². The fourth-order valence-electron chi connectivity index (χ4n) is 16.1. The number of unbranched alkanes of at least 4 members (excludes halogenated alkanes) is 4. The Morgan fingerprint density at radius 1 is 0.422 bits per heavy atom. The summed E-state index contributed by atoms with van der Waals surface area (Å²) in [5, 5.41) is 13.8. The lowest BCUT2D eigenvalue weighted by atomic mass is 9.65. The van der Waals surface area contributed by atoms with E-state index in [0.29, 0.717) is 35.5 Å². The van der Waals surface area contributed by atoms with Crippen LogP contribution >= 0.6 is 55.1 Å². The maximum atomic E-state index is 6.89. The summed E-state index contributed by atoms with van der Waals surface area (Å²) in [6.07, 6.45) is 29.9. The van der Waals surface area contributed by atoms with Crippen molar-refractivity contribution in [1.82, 2.24) is 14.8 Å². The zero-order valence-electron chi connectivity index (χ0n) is 56.8. The fourth-order valence-corrected chi connectivity index (χ4v) is 17.2. The average molecular weight is 1380 g/mol. The Balaban J connectivity index is 0.000000319. The van der Waals surface area contributed by atoms with Crippen molar-refractivity contribution >= 4 is 76.9 Å². The van der Waals surface area contributed by atoms with Gasteiger partial charge in [0.1, 0.15) is 0 Å². The van der Waals surface area contributed by atoms with Gasteiger partial charge in [0, 0.05) is 58.3 Å². The summed E-state index contributed by atoms with van der Waals surface area (Å²) in [5.74, 6) is 5.39. The molecule has 8 aromatic rings. The average Bonchev–Trinajstić information content (AvgIpc) is 1.57. The SMILES string of the molecule is CC(C)CCCC(C)CCn1c2cc(Cl)ccc2c2ccc(Cl)cc21.CCCCC(CC)CC1(CC(CC)CCCC)c2cc(Br)ccc2-c2ccc(-c3nnc(-c4ccc5c(c4)C(CC(CC)CCCC)(CC(CC)CCCC)c4cc(Br)ccc4-5)o3)cc21. The predicted octanol–water partition coefficient (Wildman–Crippen LogP) is 27.8. The van der Waals surface area contributed by atoms with Gasteiger partial charge >= 0.3 is 0 Å². The minimum atomic E-state index is -0.0790. The molecule has 484 valence electrons. The third-order valence-electron chi connectivity index (χ3n) is 21.4. The van der Waals surface area contributed by atoms with Crippen molar-refractivity contribution in [2.45, 2.75) is 248 Å². The molecule has 0 saturated carbocycles. The summed E-state index contributed by atoms with van der Waals surface area (Å²) < 4.78 is 11.6. The highest BCUT2D eigenvalue weighted by Crippen LogP contribution is 2.59. The summed E-state index contributed by atoms with van der Waals surface area (Å²) >= 11 is 20.4. The van der Waals surface area contributed by atoms with E-state index in [1.54, 1.807) is 0 Å². The molecule has 5 unspecified atom stereocenters. The Bertz CT molecular complexity index is 3360. The van der Waals surface area contributed by atoms with Gasteiger partial charge in [-0.1, -0.05) is 290 Å². The molecule has 2 aromatic heterocycles. The van der Waals surface area contributed by atoms with Crippen molar-refractivity contribution in [3.05, 3.63) is 150 Å². The van der Waals surface area contributed by atoms with Gasteiger partial charge in [-0.2, -0.15) is 0 Å². The van der Waals surface area contributed by atoms with Gasteiger partial charge < -0.3 is 8.98 Å². The monoisotopic (exact) mass is 1380 g/mol. The quantitative estimate of drug-likeness (QED) is 0.0412. The molecule has 90 heavy (non-hydrogen) atoms. The lowest BCUT2D eigenvalue weighted by Crippen LogP contribution is -2.31. The highest BCUT2D eigenvalue weighted by Gasteiger charge is 2.47. The Labute approximate surface area is 570 Å². The second-order valence-corrected chi connectivity index (χ2v) is 30.9. The second-order valence-electron chi connectivity index (χ2n) is 28.2. The van der Waals surface area contributed by atoms with Crippen LogP contribution in [0.4, 0.5) is 0 Å². The molecule has 2 aliphatic rings. The maximum absolute atomic E-state index is 6.89. The van der Waals surface area contributed by atoms with Gasteiger partial charge in [0.05, 0.1) is 11.0 Å². The van der Waals surface area contributed by atoms with Crippen LogP contribution in [0.3, 0.4) is 0 Å². The standard InChI is InChI=1S/C60H80Br2N2O.C22H27Cl2N/c1-9-17-21-41(13-5)37-59(38-42(14-6)22-18-10-2)53-33-45(25-29-49(53)51-31-27-47(61)35-55(51)59)57-63-64-58(65-57)46-26-30-50-52-32-28-48(62)36-56(52)60(54(50)34-46,39-43(15-7)23-19-11-3)40-44(16-8)24-20-12-4;1-15(2)5-4-6-16(3)11-12-25-21-13-17(23)7-9-19(21)20-10-8-18(24)14-22(20)25/h25-36,41-44H,9-24,37-40H2,1-8H3;7-10,13-16H,4-6,11-12H2,1-3H3. The first-order valence-corrected chi connectivity index (χ1v) is 38.0. The van der Waals surface area contributed by atoms with Crippen LogP contribution in [0.1, 0.15) is 253 Å². The molecule has 5 atom stereocenters. The van der Waals surface area contributed by atoms with Crippen LogP contribution in [0.15, 0.2) is 123 Å². The lowest BCUT2D eigenvalue weighted by Gasteiger charge is -2.39. The highest BCUT2D eigenvalue weighted by molar-refractivity contribution is 9.10. The molecule has 0 fully saturated rings. The molecule has 0 aliphatic heterocycles. The molecule has 0 N–H and O–H groups in total. The third-order valence-corrected chi connectivity index (χ3v) is 22.9. The van der Waals surface area contributed by atoms with Crippen LogP contribution in [-0.4, -0.2) is 14.8 Å². The predicted molar refractivity (Wildman–Crippen MR) is 397 cm³/mol. The van der Waals surface area contributed by atoms with Crippen molar-refractivity contribution in [2.75, 3.05) is 0 Å². The van der Waals surface area contributed by atoms with Crippen LogP contribution in [0, 0.1) is 35.5 Å². The summed E-state index contributed by atoms with van der Waals surface area (Å²) in [6.45, 7) is 27.0. The van der Waals surface area contributed by atoms with E-state index < -0.39 is 0 Å². The summed E-state index contributed by atoms with van der Waals surface area (Å²) in [5.41, 5.74) is 15.8. The Kier molecular flexibility index (Phi) is 25.5. The number of rotatable bonds is 33. The zero-order valence-corrected chi connectivity index (χ0v) is 61.5. The molecule has 2 heterocycles. The largest absolute Gasteiger partial charge is 0.416 e. The van der Waals surface area contributed by atoms with Gasteiger partial charge in [-0.15, -0.1) is 10.2 Å². The minimum absolute atomic E-state index is 0.0790. The summed E-state index contributed by atoms with van der Waals surface area (Å²) in [4.78, 5) is 0. The molecular weight excluding hydrogens is 1270 g/mol. The first-order chi connectivity index (χ1) is 43.6. The number of hydrogen-bond acceptors (Lipinski definition) is 3.